The van der Waals surface area contributed by atoms with E-state index in [1.807, 2.05) is 0 Å². The second-order valence-corrected chi connectivity index (χ2v) is 11.1. The lowest BCUT2D eigenvalue weighted by Gasteiger charge is -2.22. The van der Waals surface area contributed by atoms with Crippen LogP contribution in [-0.2, 0) is 23.7 Å². The van der Waals surface area contributed by atoms with E-state index < -0.39 is 12.2 Å². The van der Waals surface area contributed by atoms with Crippen molar-refractivity contribution in [1.29, 1.82) is 0 Å². The van der Waals surface area contributed by atoms with E-state index in [0.717, 1.165) is 12.8 Å². The van der Waals surface area contributed by atoms with Crippen molar-refractivity contribution in [3.63, 3.8) is 0 Å². The summed E-state index contributed by atoms with van der Waals surface area (Å²) in [5, 5.41) is 20.1. The van der Waals surface area contributed by atoms with Crippen LogP contribution >= 0.6 is 0 Å². The van der Waals surface area contributed by atoms with Gasteiger partial charge in [0.05, 0.1) is 39.6 Å². The summed E-state index contributed by atoms with van der Waals surface area (Å²) in [6, 6.07) is 0. The number of carbonyl (C=O) groups excluding carboxylic acids is 1. The van der Waals surface area contributed by atoms with Crippen molar-refractivity contribution in [3.8, 4) is 0 Å². The molecule has 0 saturated heterocycles. The van der Waals surface area contributed by atoms with Crippen molar-refractivity contribution < 1.29 is 34.0 Å². The fraction of sp³-hybridized carbons (Fsp3) is 0.969. The summed E-state index contributed by atoms with van der Waals surface area (Å²) in [6.07, 6.45) is 18.8. The summed E-state index contributed by atoms with van der Waals surface area (Å²) in [5.74, 6) is -0.0595. The molecule has 2 N–H and O–H groups in total. The van der Waals surface area contributed by atoms with E-state index in [0.29, 0.717) is 39.5 Å². The van der Waals surface area contributed by atoms with Gasteiger partial charge < -0.3 is 34.1 Å². The second-order valence-electron chi connectivity index (χ2n) is 11.1. The van der Waals surface area contributed by atoms with E-state index in [1.165, 1.54) is 96.8 Å². The summed E-state index contributed by atoms with van der Waals surface area (Å²) in [6.45, 7) is 9.76. The summed E-state index contributed by atoms with van der Waals surface area (Å²) in [4.78, 5) is 13.6. The number of carbonyl (C=O) groups is 1. The standard InChI is InChI=1S/C32H65NO7/c1-4-6-8-10-12-14-16-18-22-37-26-31(35)28-39-24-20-33(30(3)34)21-25-40-29-32(36)27-38-23-19-17-15-13-11-9-7-5-2/h31-32,35-36H,4-29H2,1-3H3. The molecule has 1 amide bonds. The molecule has 0 spiro atoms. The van der Waals surface area contributed by atoms with Crippen LogP contribution in [0.2, 0.25) is 0 Å². The molecule has 0 aromatic rings. The van der Waals surface area contributed by atoms with E-state index in [1.54, 1.807) is 4.90 Å². The molecule has 8 heteroatoms. The van der Waals surface area contributed by atoms with Gasteiger partial charge in [0.2, 0.25) is 5.91 Å². The number of hydrogen-bond acceptors (Lipinski definition) is 7. The highest BCUT2D eigenvalue weighted by Gasteiger charge is 2.11. The zero-order valence-electron chi connectivity index (χ0n) is 26.4. The number of aliphatic hydroxyl groups is 2. The first kappa shape index (κ1) is 39.2. The number of unbranched alkanes of at least 4 members (excludes halogenated alkanes) is 14. The topological polar surface area (TPSA) is 97.7 Å². The van der Waals surface area contributed by atoms with Crippen LogP contribution in [0.15, 0.2) is 0 Å². The largest absolute Gasteiger partial charge is 0.388 e. The van der Waals surface area contributed by atoms with Crippen LogP contribution < -0.4 is 0 Å². The van der Waals surface area contributed by atoms with Crippen LogP contribution in [0, 0.1) is 0 Å². The molecule has 0 aliphatic carbocycles. The highest BCUT2D eigenvalue weighted by Crippen LogP contribution is 2.09. The predicted octanol–water partition coefficient (Wildman–Crippen LogP) is 5.90. The zero-order chi connectivity index (χ0) is 29.5. The lowest BCUT2D eigenvalue weighted by molar-refractivity contribution is -0.130. The molecule has 0 aliphatic heterocycles. The van der Waals surface area contributed by atoms with E-state index in [-0.39, 0.29) is 32.3 Å². The van der Waals surface area contributed by atoms with Crippen molar-refractivity contribution in [2.45, 2.75) is 136 Å². The Labute approximate surface area is 246 Å². The SMILES string of the molecule is CCCCCCCCCCOCC(O)COCCN(CCOCC(O)COCCCCCCCCCC)C(C)=O. The number of amides is 1. The average Bonchev–Trinajstić information content (AvgIpc) is 2.94. The Morgan fingerprint density at radius 3 is 1.15 bits per heavy atom. The van der Waals surface area contributed by atoms with Crippen molar-refractivity contribution in [1.82, 2.24) is 4.90 Å². The van der Waals surface area contributed by atoms with E-state index in [9.17, 15) is 15.0 Å². The molecule has 0 saturated carbocycles. The first-order chi connectivity index (χ1) is 19.5. The fourth-order valence-electron chi connectivity index (χ4n) is 4.43. The predicted molar refractivity (Wildman–Crippen MR) is 163 cm³/mol. The maximum atomic E-state index is 11.9. The highest BCUT2D eigenvalue weighted by atomic mass is 16.5. The molecule has 40 heavy (non-hydrogen) atoms. The number of aliphatic hydroxyl groups excluding tert-OH is 2. The zero-order valence-corrected chi connectivity index (χ0v) is 26.4. The molecule has 0 aliphatic rings. The molecule has 0 bridgehead atoms. The molecular weight excluding hydrogens is 510 g/mol. The van der Waals surface area contributed by atoms with Gasteiger partial charge in [0, 0.05) is 33.2 Å². The molecule has 8 nitrogen and oxygen atoms in total. The Kier molecular flexibility index (Phi) is 30.6. The summed E-state index contributed by atoms with van der Waals surface area (Å²) < 4.78 is 22.2. The van der Waals surface area contributed by atoms with Gasteiger partial charge in [0.1, 0.15) is 12.2 Å². The smallest absolute Gasteiger partial charge is 0.219 e. The Balaban J connectivity index is 3.62. The van der Waals surface area contributed by atoms with Crippen molar-refractivity contribution in [2.24, 2.45) is 0 Å². The maximum absolute atomic E-state index is 11.9. The minimum atomic E-state index is -0.664. The third kappa shape index (κ3) is 28.7. The monoisotopic (exact) mass is 575 g/mol. The minimum absolute atomic E-state index is 0.0595. The quantitative estimate of drug-likeness (QED) is 0.0963. The minimum Gasteiger partial charge on any atom is -0.388 e. The molecule has 2 atom stereocenters. The van der Waals surface area contributed by atoms with Gasteiger partial charge in [-0.2, -0.15) is 0 Å². The van der Waals surface area contributed by atoms with Crippen LogP contribution in [0.3, 0.4) is 0 Å². The van der Waals surface area contributed by atoms with E-state index in [4.69, 9.17) is 18.9 Å². The van der Waals surface area contributed by atoms with Gasteiger partial charge in [0.15, 0.2) is 0 Å². The van der Waals surface area contributed by atoms with Crippen LogP contribution in [0.25, 0.3) is 0 Å². The van der Waals surface area contributed by atoms with Gasteiger partial charge >= 0.3 is 0 Å². The molecule has 0 fully saturated rings. The van der Waals surface area contributed by atoms with Crippen molar-refractivity contribution >= 4 is 5.91 Å². The average molecular weight is 576 g/mol. The first-order valence-corrected chi connectivity index (χ1v) is 16.4. The summed E-state index contributed by atoms with van der Waals surface area (Å²) >= 11 is 0. The normalized spacial score (nSPS) is 13.0. The van der Waals surface area contributed by atoms with Gasteiger partial charge in [-0.15, -0.1) is 0 Å². The van der Waals surface area contributed by atoms with Crippen LogP contribution in [0.4, 0.5) is 0 Å². The fourth-order valence-corrected chi connectivity index (χ4v) is 4.43. The van der Waals surface area contributed by atoms with Gasteiger partial charge in [-0.05, 0) is 12.8 Å². The van der Waals surface area contributed by atoms with Gasteiger partial charge in [-0.3, -0.25) is 4.79 Å². The lowest BCUT2D eigenvalue weighted by Crippen LogP contribution is -2.36. The molecular formula is C32H65NO7. The molecule has 0 rings (SSSR count). The van der Waals surface area contributed by atoms with Crippen LogP contribution in [0.1, 0.15) is 124 Å². The Bertz CT molecular complexity index is 485. The molecule has 240 valence electrons. The number of nitrogens with zero attached hydrogens (tertiary/aromatic N) is 1. The first-order valence-electron chi connectivity index (χ1n) is 16.4. The van der Waals surface area contributed by atoms with Crippen molar-refractivity contribution in [3.05, 3.63) is 0 Å². The second kappa shape index (κ2) is 31.2. The van der Waals surface area contributed by atoms with Gasteiger partial charge in [-0.1, -0.05) is 104 Å². The van der Waals surface area contributed by atoms with E-state index >= 15 is 0 Å². The van der Waals surface area contributed by atoms with Crippen molar-refractivity contribution in [2.75, 3.05) is 65.9 Å². The van der Waals surface area contributed by atoms with Crippen LogP contribution in [-0.4, -0.2) is 99.2 Å². The van der Waals surface area contributed by atoms with Crippen LogP contribution in [0.5, 0.6) is 0 Å². The molecule has 0 radical (unpaired) electrons. The third-order valence-electron chi connectivity index (χ3n) is 6.98. The molecule has 0 aromatic heterocycles. The van der Waals surface area contributed by atoms with E-state index in [2.05, 4.69) is 13.8 Å². The van der Waals surface area contributed by atoms with Gasteiger partial charge in [0.25, 0.3) is 0 Å². The summed E-state index contributed by atoms with van der Waals surface area (Å²) in [5.41, 5.74) is 0. The van der Waals surface area contributed by atoms with Gasteiger partial charge in [-0.25, -0.2) is 0 Å². The Morgan fingerprint density at radius 2 is 0.825 bits per heavy atom. The lowest BCUT2D eigenvalue weighted by atomic mass is 10.1. The number of ether oxygens (including phenoxy) is 4. The third-order valence-corrected chi connectivity index (χ3v) is 6.98. The number of hydrogen-bond donors (Lipinski definition) is 2. The molecule has 2 unspecified atom stereocenters. The summed E-state index contributed by atoms with van der Waals surface area (Å²) in [7, 11) is 0. The molecule has 0 heterocycles. The molecule has 0 aromatic carbocycles. The number of rotatable bonds is 32. The highest BCUT2D eigenvalue weighted by molar-refractivity contribution is 5.73. The Hall–Kier alpha value is -0.770. The maximum Gasteiger partial charge on any atom is 0.219 e. The Morgan fingerprint density at radius 1 is 0.525 bits per heavy atom.